The Morgan fingerprint density at radius 1 is 1.38 bits per heavy atom. The third-order valence-electron chi connectivity index (χ3n) is 1.97. The van der Waals surface area contributed by atoms with Crippen LogP contribution in [-0.2, 0) is 0 Å². The Bertz CT molecular complexity index is 254. The lowest BCUT2D eigenvalue weighted by Crippen LogP contribution is -2.14. The minimum absolute atomic E-state index is 0.663. The van der Waals surface area contributed by atoms with Gasteiger partial charge in [-0.05, 0) is 44.9 Å². The Morgan fingerprint density at radius 2 is 1.85 bits per heavy atom. The summed E-state index contributed by atoms with van der Waals surface area (Å²) in [5.74, 6) is 0. The van der Waals surface area contributed by atoms with E-state index in [9.17, 15) is 4.39 Å². The van der Waals surface area contributed by atoms with E-state index in [-0.39, 0.29) is 0 Å². The van der Waals surface area contributed by atoms with E-state index < -0.39 is 5.67 Å². The van der Waals surface area contributed by atoms with Crippen LogP contribution in [0.4, 0.5) is 4.39 Å². The van der Waals surface area contributed by atoms with Crippen molar-refractivity contribution in [2.45, 2.75) is 33.4 Å². The number of allylic oxidation sites excluding steroid dienone is 3. The molecule has 0 rings (SSSR count). The van der Waals surface area contributed by atoms with Gasteiger partial charge in [0.1, 0.15) is 5.67 Å². The number of alkyl halides is 1. The molecule has 0 bridgehead atoms. The number of nitrogens with zero attached hydrogens (tertiary/aromatic N) is 1. The summed E-state index contributed by atoms with van der Waals surface area (Å²) >= 11 is 0. The average Bonchev–Trinajstić information content (AvgIpc) is 1.96. The van der Waals surface area contributed by atoms with Crippen LogP contribution in [0.25, 0.3) is 0 Å². The van der Waals surface area contributed by atoms with Gasteiger partial charge >= 0.3 is 0 Å². The maximum atomic E-state index is 13.4. The van der Waals surface area contributed by atoms with Gasteiger partial charge in [0.2, 0.25) is 0 Å². The van der Waals surface area contributed by atoms with Gasteiger partial charge in [-0.15, -0.1) is 0 Å². The summed E-state index contributed by atoms with van der Waals surface area (Å²) in [6.45, 7) is 10.4. The second-order valence-electron chi connectivity index (χ2n) is 3.69. The van der Waals surface area contributed by atoms with Crippen LogP contribution in [-0.4, -0.2) is 18.4 Å². The van der Waals surface area contributed by atoms with Crippen LogP contribution in [0.5, 0.6) is 0 Å². The van der Waals surface area contributed by atoms with Gasteiger partial charge in [-0.25, -0.2) is 4.39 Å². The summed E-state index contributed by atoms with van der Waals surface area (Å²) in [6.07, 6.45) is 1.74. The summed E-state index contributed by atoms with van der Waals surface area (Å²) in [4.78, 5) is 4.02. The Hall–Kier alpha value is -0.920. The molecule has 2 heteroatoms. The summed E-state index contributed by atoms with van der Waals surface area (Å²) in [5.41, 5.74) is 0.983. The SMILES string of the molecule is C=C(C)C(/C=C(\C)C(C)(C)F)=NC. The predicted molar refractivity (Wildman–Crippen MR) is 57.1 cm³/mol. The number of aliphatic imine (C=N–C) groups is 1. The fourth-order valence-corrected chi connectivity index (χ4v) is 0.755. The van der Waals surface area contributed by atoms with E-state index in [2.05, 4.69) is 11.6 Å². The number of hydrogen-bond acceptors (Lipinski definition) is 1. The molecule has 0 radical (unpaired) electrons. The van der Waals surface area contributed by atoms with E-state index in [1.165, 1.54) is 13.8 Å². The lowest BCUT2D eigenvalue weighted by molar-refractivity contribution is 0.268. The molecular formula is C11H18FN. The van der Waals surface area contributed by atoms with Crippen LogP contribution in [0.15, 0.2) is 28.8 Å². The summed E-state index contributed by atoms with van der Waals surface area (Å²) in [7, 11) is 1.68. The van der Waals surface area contributed by atoms with Crippen LogP contribution in [0.1, 0.15) is 27.7 Å². The normalized spacial score (nSPS) is 14.6. The Labute approximate surface area is 80.1 Å². The van der Waals surface area contributed by atoms with E-state index >= 15 is 0 Å². The fourth-order valence-electron chi connectivity index (χ4n) is 0.755. The zero-order chi connectivity index (χ0) is 10.6. The molecule has 1 nitrogen and oxygen atoms in total. The maximum Gasteiger partial charge on any atom is 0.126 e. The number of rotatable bonds is 3. The van der Waals surface area contributed by atoms with Gasteiger partial charge in [0.25, 0.3) is 0 Å². The van der Waals surface area contributed by atoms with Crippen LogP contribution in [0.2, 0.25) is 0 Å². The van der Waals surface area contributed by atoms with Crippen molar-refractivity contribution in [3.8, 4) is 0 Å². The smallest absolute Gasteiger partial charge is 0.126 e. The Morgan fingerprint density at radius 3 is 2.08 bits per heavy atom. The third-order valence-corrected chi connectivity index (χ3v) is 1.97. The molecular weight excluding hydrogens is 165 g/mol. The van der Waals surface area contributed by atoms with Crippen LogP contribution < -0.4 is 0 Å². The highest BCUT2D eigenvalue weighted by molar-refractivity contribution is 6.07. The van der Waals surface area contributed by atoms with Crippen molar-refractivity contribution in [1.29, 1.82) is 0 Å². The van der Waals surface area contributed by atoms with E-state index in [1.54, 1.807) is 20.0 Å². The lowest BCUT2D eigenvalue weighted by atomic mass is 9.99. The Balaban J connectivity index is 4.85. The van der Waals surface area contributed by atoms with Crippen molar-refractivity contribution < 1.29 is 4.39 Å². The first-order valence-electron chi connectivity index (χ1n) is 4.29. The largest absolute Gasteiger partial charge is 0.288 e. The van der Waals surface area contributed by atoms with Crippen LogP contribution >= 0.6 is 0 Å². The first kappa shape index (κ1) is 12.1. The van der Waals surface area contributed by atoms with E-state index in [0.717, 1.165) is 11.3 Å². The fraction of sp³-hybridized carbons (Fsp3) is 0.545. The zero-order valence-electron chi connectivity index (χ0n) is 9.11. The van der Waals surface area contributed by atoms with Crippen molar-refractivity contribution in [2.24, 2.45) is 4.99 Å². The quantitative estimate of drug-likeness (QED) is 0.595. The van der Waals surface area contributed by atoms with Gasteiger partial charge in [0.15, 0.2) is 0 Å². The molecule has 74 valence electrons. The van der Waals surface area contributed by atoms with Crippen molar-refractivity contribution in [2.75, 3.05) is 7.05 Å². The van der Waals surface area contributed by atoms with E-state index in [1.807, 2.05) is 6.92 Å². The maximum absolute atomic E-state index is 13.4. The monoisotopic (exact) mass is 183 g/mol. The molecule has 0 atom stereocenters. The standard InChI is InChI=1S/C11H18FN/c1-8(2)10(13-6)7-9(3)11(4,5)12/h7H,1H2,2-6H3/b9-7+,13-10?. The van der Waals surface area contributed by atoms with Crippen molar-refractivity contribution >= 4 is 5.71 Å². The first-order chi connectivity index (χ1) is 5.79. The molecule has 0 N–H and O–H groups in total. The molecule has 0 spiro atoms. The molecule has 0 aliphatic carbocycles. The second-order valence-corrected chi connectivity index (χ2v) is 3.69. The molecule has 0 saturated carbocycles. The molecule has 0 aliphatic rings. The number of hydrogen-bond donors (Lipinski definition) is 0. The predicted octanol–water partition coefficient (Wildman–Crippen LogP) is 3.33. The van der Waals surface area contributed by atoms with Gasteiger partial charge < -0.3 is 0 Å². The van der Waals surface area contributed by atoms with Crippen molar-refractivity contribution in [3.63, 3.8) is 0 Å². The van der Waals surface area contributed by atoms with Gasteiger partial charge in [0.05, 0.1) is 5.71 Å². The average molecular weight is 183 g/mol. The molecule has 0 aliphatic heterocycles. The minimum atomic E-state index is -1.29. The van der Waals surface area contributed by atoms with Crippen LogP contribution in [0.3, 0.4) is 0 Å². The topological polar surface area (TPSA) is 12.4 Å². The lowest BCUT2D eigenvalue weighted by Gasteiger charge is -2.15. The second kappa shape index (κ2) is 4.35. The molecule has 0 aromatic heterocycles. The molecule has 13 heavy (non-hydrogen) atoms. The van der Waals surface area contributed by atoms with Crippen LogP contribution in [0, 0.1) is 0 Å². The highest BCUT2D eigenvalue weighted by atomic mass is 19.1. The molecule has 0 aromatic carbocycles. The molecule has 0 unspecified atom stereocenters. The number of halogens is 1. The van der Waals surface area contributed by atoms with E-state index in [0.29, 0.717) is 5.57 Å². The molecule has 0 fully saturated rings. The van der Waals surface area contributed by atoms with E-state index in [4.69, 9.17) is 0 Å². The van der Waals surface area contributed by atoms with Crippen molar-refractivity contribution in [1.82, 2.24) is 0 Å². The summed E-state index contributed by atoms with van der Waals surface area (Å²) < 4.78 is 13.4. The molecule has 0 saturated heterocycles. The molecule has 0 aromatic rings. The third kappa shape index (κ3) is 4.02. The highest BCUT2D eigenvalue weighted by Gasteiger charge is 2.18. The Kier molecular flexibility index (Phi) is 4.05. The molecule has 0 amide bonds. The van der Waals surface area contributed by atoms with Gasteiger partial charge in [-0.1, -0.05) is 6.58 Å². The zero-order valence-corrected chi connectivity index (χ0v) is 9.11. The highest BCUT2D eigenvalue weighted by Crippen LogP contribution is 2.20. The van der Waals surface area contributed by atoms with Crippen molar-refractivity contribution in [3.05, 3.63) is 23.8 Å². The summed E-state index contributed by atoms with van der Waals surface area (Å²) in [6, 6.07) is 0. The summed E-state index contributed by atoms with van der Waals surface area (Å²) in [5, 5.41) is 0. The first-order valence-corrected chi connectivity index (χ1v) is 4.29. The van der Waals surface area contributed by atoms with Gasteiger partial charge in [0, 0.05) is 7.05 Å². The minimum Gasteiger partial charge on any atom is -0.288 e. The van der Waals surface area contributed by atoms with Gasteiger partial charge in [-0.2, -0.15) is 0 Å². The van der Waals surface area contributed by atoms with Gasteiger partial charge in [-0.3, -0.25) is 4.99 Å². The molecule has 0 heterocycles.